The van der Waals surface area contributed by atoms with Gasteiger partial charge in [0, 0.05) is 22.5 Å². The summed E-state index contributed by atoms with van der Waals surface area (Å²) in [6, 6.07) is 27.7. The number of para-hydroxylation sites is 1. The number of benzene rings is 3. The molecule has 4 nitrogen and oxygen atoms in total. The zero-order valence-electron chi connectivity index (χ0n) is 15.7. The minimum atomic E-state index is -0.245. The number of hydrogen-bond acceptors (Lipinski definition) is 4. The average molecular weight is 377 g/mol. The lowest BCUT2D eigenvalue weighted by Crippen LogP contribution is -2.13. The molecule has 2 heterocycles. The lowest BCUT2D eigenvalue weighted by Gasteiger charge is -2.22. The number of anilines is 1. The maximum atomic E-state index is 11.0. The van der Waals surface area contributed by atoms with Crippen molar-refractivity contribution in [1.82, 2.24) is 9.97 Å². The number of phenols is 1. The molecule has 0 saturated carbocycles. The van der Waals surface area contributed by atoms with Gasteiger partial charge >= 0.3 is 0 Å². The fourth-order valence-electron chi connectivity index (χ4n) is 3.68. The summed E-state index contributed by atoms with van der Waals surface area (Å²) in [5.41, 5.74) is 4.26. The lowest BCUT2D eigenvalue weighted by atomic mass is 9.96. The quantitative estimate of drug-likeness (QED) is 0.422. The molecule has 0 aliphatic heterocycles. The van der Waals surface area contributed by atoms with E-state index < -0.39 is 0 Å². The van der Waals surface area contributed by atoms with Crippen LogP contribution < -0.4 is 5.32 Å². The van der Waals surface area contributed by atoms with E-state index in [9.17, 15) is 5.11 Å². The van der Waals surface area contributed by atoms with Gasteiger partial charge in [-0.25, -0.2) is 0 Å². The van der Waals surface area contributed by atoms with E-state index >= 15 is 0 Å². The molecule has 1 atom stereocenters. The molecule has 0 bridgehead atoms. The third-order valence-electron chi connectivity index (χ3n) is 5.12. The molecule has 0 fully saturated rings. The van der Waals surface area contributed by atoms with Gasteiger partial charge in [-0.2, -0.15) is 0 Å². The molecule has 2 aromatic heterocycles. The van der Waals surface area contributed by atoms with E-state index in [0.29, 0.717) is 5.52 Å². The van der Waals surface area contributed by atoms with Crippen LogP contribution in [0.25, 0.3) is 21.8 Å². The van der Waals surface area contributed by atoms with E-state index in [1.807, 2.05) is 85.1 Å². The largest absolute Gasteiger partial charge is 0.505 e. The molecule has 140 valence electrons. The number of phenolic OH excluding ortho intramolecular Hbond substituents is 1. The monoisotopic (exact) mass is 377 g/mol. The van der Waals surface area contributed by atoms with E-state index in [2.05, 4.69) is 21.4 Å². The van der Waals surface area contributed by atoms with Gasteiger partial charge in [-0.3, -0.25) is 9.97 Å². The Bertz CT molecular complexity index is 1300. The van der Waals surface area contributed by atoms with Gasteiger partial charge in [0.05, 0.1) is 23.4 Å². The highest BCUT2D eigenvalue weighted by Gasteiger charge is 2.20. The molecular weight excluding hydrogens is 358 g/mol. The number of aromatic nitrogens is 2. The van der Waals surface area contributed by atoms with Crippen LogP contribution in [0.5, 0.6) is 5.75 Å². The van der Waals surface area contributed by atoms with Crippen LogP contribution in [0, 0.1) is 0 Å². The Morgan fingerprint density at radius 1 is 0.759 bits per heavy atom. The SMILES string of the molecule is Oc1c(C(Nc2cnc3ccccc3c2)c2ccccc2)ccc2cccnc12. The van der Waals surface area contributed by atoms with Crippen molar-refractivity contribution in [2.45, 2.75) is 6.04 Å². The molecule has 0 amide bonds. The number of nitrogens with one attached hydrogen (secondary N) is 1. The molecular formula is C25H19N3O. The highest BCUT2D eigenvalue weighted by Crippen LogP contribution is 2.36. The molecule has 29 heavy (non-hydrogen) atoms. The molecule has 0 aliphatic carbocycles. The van der Waals surface area contributed by atoms with E-state index in [0.717, 1.165) is 33.1 Å². The van der Waals surface area contributed by atoms with Crippen LogP contribution >= 0.6 is 0 Å². The minimum Gasteiger partial charge on any atom is -0.505 e. The van der Waals surface area contributed by atoms with E-state index in [4.69, 9.17) is 0 Å². The lowest BCUT2D eigenvalue weighted by molar-refractivity contribution is 0.472. The fourth-order valence-corrected chi connectivity index (χ4v) is 3.68. The van der Waals surface area contributed by atoms with Gasteiger partial charge in [-0.05, 0) is 23.8 Å². The van der Waals surface area contributed by atoms with Crippen molar-refractivity contribution in [2.75, 3.05) is 5.32 Å². The smallest absolute Gasteiger partial charge is 0.147 e. The number of fused-ring (bicyclic) bond motifs is 2. The maximum absolute atomic E-state index is 11.0. The number of rotatable bonds is 4. The van der Waals surface area contributed by atoms with Crippen LogP contribution in [0.15, 0.2) is 97.3 Å². The van der Waals surface area contributed by atoms with Gasteiger partial charge in [-0.15, -0.1) is 0 Å². The predicted octanol–water partition coefficient (Wildman–Crippen LogP) is 5.69. The zero-order valence-corrected chi connectivity index (χ0v) is 15.7. The summed E-state index contributed by atoms with van der Waals surface area (Å²) < 4.78 is 0. The van der Waals surface area contributed by atoms with E-state index in [1.54, 1.807) is 6.20 Å². The highest BCUT2D eigenvalue weighted by atomic mass is 16.3. The molecule has 3 aromatic carbocycles. The summed E-state index contributed by atoms with van der Waals surface area (Å²) in [6.45, 7) is 0. The standard InChI is InChI=1S/C25H19N3O/c29-25-21(13-12-18-10-6-14-26-24(18)25)23(17-7-2-1-3-8-17)28-20-15-19-9-4-5-11-22(19)27-16-20/h1-16,23,28-29H. The van der Waals surface area contributed by atoms with Gasteiger partial charge in [0.2, 0.25) is 0 Å². The second-order valence-corrected chi connectivity index (χ2v) is 6.98. The van der Waals surface area contributed by atoms with Gasteiger partial charge in [0.25, 0.3) is 0 Å². The van der Waals surface area contributed by atoms with Crippen LogP contribution in [0.1, 0.15) is 17.2 Å². The van der Waals surface area contributed by atoms with Crippen LogP contribution in [0.3, 0.4) is 0 Å². The van der Waals surface area contributed by atoms with Gasteiger partial charge in [0.15, 0.2) is 0 Å². The summed E-state index contributed by atoms with van der Waals surface area (Å²) >= 11 is 0. The molecule has 1 unspecified atom stereocenters. The first kappa shape index (κ1) is 17.2. The van der Waals surface area contributed by atoms with Crippen molar-refractivity contribution >= 4 is 27.5 Å². The summed E-state index contributed by atoms with van der Waals surface area (Å²) in [5.74, 6) is 0.193. The number of pyridine rings is 2. The Labute approximate surface area is 168 Å². The fraction of sp³-hybridized carbons (Fsp3) is 0.0400. The first-order valence-electron chi connectivity index (χ1n) is 9.52. The predicted molar refractivity (Wildman–Crippen MR) is 117 cm³/mol. The normalized spacial score (nSPS) is 12.1. The third-order valence-corrected chi connectivity index (χ3v) is 5.12. The highest BCUT2D eigenvalue weighted by molar-refractivity contribution is 5.86. The zero-order chi connectivity index (χ0) is 19.6. The number of nitrogens with zero attached hydrogens (tertiary/aromatic N) is 2. The molecule has 2 N–H and O–H groups in total. The number of aromatic hydroxyl groups is 1. The second-order valence-electron chi connectivity index (χ2n) is 6.98. The van der Waals surface area contributed by atoms with E-state index in [-0.39, 0.29) is 11.8 Å². The Morgan fingerprint density at radius 2 is 1.55 bits per heavy atom. The summed E-state index contributed by atoms with van der Waals surface area (Å²) in [6.07, 6.45) is 3.53. The van der Waals surface area contributed by atoms with Crippen LogP contribution in [0.4, 0.5) is 5.69 Å². The van der Waals surface area contributed by atoms with Crippen molar-refractivity contribution in [2.24, 2.45) is 0 Å². The maximum Gasteiger partial charge on any atom is 0.147 e. The molecule has 0 spiro atoms. The van der Waals surface area contributed by atoms with Crippen LogP contribution in [0.2, 0.25) is 0 Å². The molecule has 4 heteroatoms. The molecule has 0 saturated heterocycles. The van der Waals surface area contributed by atoms with Gasteiger partial charge in [-0.1, -0.05) is 66.7 Å². The summed E-state index contributed by atoms with van der Waals surface area (Å²) in [7, 11) is 0. The topological polar surface area (TPSA) is 58.0 Å². The van der Waals surface area contributed by atoms with E-state index in [1.165, 1.54) is 0 Å². The van der Waals surface area contributed by atoms with Crippen molar-refractivity contribution in [3.63, 3.8) is 0 Å². The van der Waals surface area contributed by atoms with Crippen molar-refractivity contribution in [3.05, 3.63) is 108 Å². The van der Waals surface area contributed by atoms with Gasteiger partial charge < -0.3 is 10.4 Å². The molecule has 5 aromatic rings. The average Bonchev–Trinajstić information content (AvgIpc) is 2.79. The van der Waals surface area contributed by atoms with Crippen molar-refractivity contribution in [1.29, 1.82) is 0 Å². The van der Waals surface area contributed by atoms with Crippen LogP contribution in [-0.2, 0) is 0 Å². The Kier molecular flexibility index (Phi) is 4.30. The second kappa shape index (κ2) is 7.24. The van der Waals surface area contributed by atoms with Gasteiger partial charge in [0.1, 0.15) is 11.3 Å². The minimum absolute atomic E-state index is 0.193. The Balaban J connectivity index is 1.63. The number of hydrogen-bond donors (Lipinski definition) is 2. The molecule has 5 rings (SSSR count). The summed E-state index contributed by atoms with van der Waals surface area (Å²) in [5, 5.41) is 16.5. The third kappa shape index (κ3) is 3.25. The molecule has 0 aliphatic rings. The van der Waals surface area contributed by atoms with Crippen molar-refractivity contribution in [3.8, 4) is 5.75 Å². The Morgan fingerprint density at radius 3 is 2.45 bits per heavy atom. The first-order chi connectivity index (χ1) is 14.3. The van der Waals surface area contributed by atoms with Crippen LogP contribution in [-0.4, -0.2) is 15.1 Å². The van der Waals surface area contributed by atoms with Crippen molar-refractivity contribution < 1.29 is 5.11 Å². The molecule has 0 radical (unpaired) electrons. The first-order valence-corrected chi connectivity index (χ1v) is 9.52. The summed E-state index contributed by atoms with van der Waals surface area (Å²) in [4.78, 5) is 8.93. The Hall–Kier alpha value is -3.92.